The van der Waals surface area contributed by atoms with Gasteiger partial charge in [-0.1, -0.05) is 6.92 Å². The van der Waals surface area contributed by atoms with Crippen molar-refractivity contribution in [1.29, 1.82) is 0 Å². The standard InChI is InChI=1S/C10H15NO4S2/c1-2-8(17-6-9(12)13)10(14)11(15)7-3-4-16-5-7/h7-8H,2-6H2,1H3. The summed E-state index contributed by atoms with van der Waals surface area (Å²) in [6.07, 6.45) is 1.18. The number of thioether (sulfide) groups is 2. The molecule has 5 nitrogen and oxygen atoms in total. The molecule has 1 saturated heterocycles. The van der Waals surface area contributed by atoms with Gasteiger partial charge >= 0.3 is 5.91 Å². The topological polar surface area (TPSA) is 77.3 Å². The van der Waals surface area contributed by atoms with E-state index in [1.807, 2.05) is 0 Å². The van der Waals surface area contributed by atoms with E-state index in [2.05, 4.69) is 0 Å². The Morgan fingerprint density at radius 1 is 1.59 bits per heavy atom. The Balaban J connectivity index is 2.52. The molecular weight excluding hydrogens is 262 g/mol. The van der Waals surface area contributed by atoms with Crippen LogP contribution in [0.2, 0.25) is 0 Å². The minimum Gasteiger partial charge on any atom is -0.549 e. The molecule has 0 bridgehead atoms. The largest absolute Gasteiger partial charge is 0.549 e. The zero-order valence-corrected chi connectivity index (χ0v) is 11.2. The highest BCUT2D eigenvalue weighted by Crippen LogP contribution is 2.22. The number of carboxylic acid groups (broad SMARTS) is 1. The van der Waals surface area contributed by atoms with Gasteiger partial charge in [0.2, 0.25) is 6.04 Å². The second kappa shape index (κ2) is 7.00. The van der Waals surface area contributed by atoms with Crippen LogP contribution in [0.4, 0.5) is 0 Å². The molecule has 0 aliphatic carbocycles. The Morgan fingerprint density at radius 2 is 2.29 bits per heavy atom. The maximum absolute atomic E-state index is 11.8. The maximum Gasteiger partial charge on any atom is 0.446 e. The van der Waals surface area contributed by atoms with Gasteiger partial charge in [0.15, 0.2) is 0 Å². The summed E-state index contributed by atoms with van der Waals surface area (Å²) < 4.78 is 0.538. The smallest absolute Gasteiger partial charge is 0.446 e. The molecule has 0 aromatic heterocycles. The summed E-state index contributed by atoms with van der Waals surface area (Å²) in [5, 5.41) is 9.76. The molecule has 1 aliphatic heterocycles. The van der Waals surface area contributed by atoms with Crippen LogP contribution in [0, 0.1) is 4.91 Å². The molecule has 0 N–H and O–H groups in total. The highest BCUT2D eigenvalue weighted by atomic mass is 32.2. The van der Waals surface area contributed by atoms with Gasteiger partial charge in [0.1, 0.15) is 5.25 Å². The summed E-state index contributed by atoms with van der Waals surface area (Å²) in [7, 11) is 0. The average Bonchev–Trinajstić information content (AvgIpc) is 2.81. The summed E-state index contributed by atoms with van der Waals surface area (Å²) in [5.74, 6) is -0.394. The van der Waals surface area contributed by atoms with Gasteiger partial charge in [-0.2, -0.15) is 11.8 Å². The molecule has 2 atom stereocenters. The van der Waals surface area contributed by atoms with E-state index >= 15 is 0 Å². The fraction of sp³-hybridized carbons (Fsp3) is 0.800. The SMILES string of the molecule is CCC(SCC(=O)[O-])C(=O)[N+](=O)C1CCSC1. The Bertz CT molecular complexity index is 315. The third-order valence-corrected chi connectivity index (χ3v) is 4.99. The van der Waals surface area contributed by atoms with Gasteiger partial charge in [0, 0.05) is 22.8 Å². The van der Waals surface area contributed by atoms with Crippen LogP contribution < -0.4 is 5.11 Å². The molecule has 96 valence electrons. The number of nitroso groups, excluding NO2 is 1. The van der Waals surface area contributed by atoms with E-state index in [1.165, 1.54) is 0 Å². The van der Waals surface area contributed by atoms with E-state index in [9.17, 15) is 19.6 Å². The van der Waals surface area contributed by atoms with Crippen molar-refractivity contribution in [3.63, 3.8) is 0 Å². The minimum absolute atomic E-state index is 0.245. The number of carbonyl (C=O) groups is 2. The molecule has 2 unspecified atom stereocenters. The fourth-order valence-corrected chi connectivity index (χ4v) is 3.56. The Kier molecular flexibility index (Phi) is 5.97. The molecule has 0 aromatic rings. The lowest BCUT2D eigenvalue weighted by Crippen LogP contribution is -2.36. The van der Waals surface area contributed by atoms with Gasteiger partial charge in [0.25, 0.3) is 0 Å². The molecule has 17 heavy (non-hydrogen) atoms. The van der Waals surface area contributed by atoms with Crippen LogP contribution in [-0.4, -0.2) is 45.2 Å². The first-order chi connectivity index (χ1) is 8.06. The lowest BCUT2D eigenvalue weighted by molar-refractivity contribution is -0.501. The third kappa shape index (κ3) is 4.31. The Labute approximate surface area is 108 Å². The second-order valence-corrected chi connectivity index (χ2v) is 6.10. The van der Waals surface area contributed by atoms with Crippen molar-refractivity contribution in [2.45, 2.75) is 31.1 Å². The van der Waals surface area contributed by atoms with Gasteiger partial charge in [-0.05, 0) is 6.42 Å². The van der Waals surface area contributed by atoms with Crippen molar-refractivity contribution in [3.05, 3.63) is 4.91 Å². The minimum atomic E-state index is -1.21. The quantitative estimate of drug-likeness (QED) is 0.639. The number of carbonyl (C=O) groups excluding carboxylic acids is 2. The first-order valence-electron chi connectivity index (χ1n) is 5.45. The summed E-state index contributed by atoms with van der Waals surface area (Å²) in [4.78, 5) is 33.9. The molecule has 1 heterocycles. The van der Waals surface area contributed by atoms with Crippen molar-refractivity contribution in [3.8, 4) is 0 Å². The lowest BCUT2D eigenvalue weighted by Gasteiger charge is -2.09. The van der Waals surface area contributed by atoms with Gasteiger partial charge in [-0.15, -0.1) is 11.8 Å². The molecule has 1 rings (SSSR count). The van der Waals surface area contributed by atoms with Crippen LogP contribution in [0.5, 0.6) is 0 Å². The number of carboxylic acids is 1. The predicted octanol–water partition coefficient (Wildman–Crippen LogP) is 0.0591. The van der Waals surface area contributed by atoms with Crippen molar-refractivity contribution < 1.29 is 19.5 Å². The normalized spacial score (nSPS) is 21.1. The molecule has 1 fully saturated rings. The molecule has 1 aliphatic rings. The first kappa shape index (κ1) is 14.5. The summed E-state index contributed by atoms with van der Waals surface area (Å²) in [6, 6.07) is -0.245. The van der Waals surface area contributed by atoms with Gasteiger partial charge in [0.05, 0.1) is 16.5 Å². The molecule has 7 heteroatoms. The van der Waals surface area contributed by atoms with Crippen LogP contribution >= 0.6 is 23.5 Å². The molecule has 0 saturated carbocycles. The summed E-state index contributed by atoms with van der Waals surface area (Å²) in [5.41, 5.74) is 0. The second-order valence-electron chi connectivity index (χ2n) is 3.76. The predicted molar refractivity (Wildman–Crippen MR) is 65.9 cm³/mol. The van der Waals surface area contributed by atoms with Crippen molar-refractivity contribution in [1.82, 2.24) is 0 Å². The molecule has 1 amide bonds. The van der Waals surface area contributed by atoms with Crippen molar-refractivity contribution >= 4 is 35.4 Å². The maximum atomic E-state index is 11.8. The van der Waals surface area contributed by atoms with Crippen molar-refractivity contribution in [2.24, 2.45) is 0 Å². The van der Waals surface area contributed by atoms with Crippen LogP contribution in [0.1, 0.15) is 19.8 Å². The summed E-state index contributed by atoms with van der Waals surface area (Å²) >= 11 is 2.63. The number of aliphatic carboxylic acids is 1. The molecule has 0 radical (unpaired) electrons. The number of hydrogen-bond donors (Lipinski definition) is 0. The third-order valence-electron chi connectivity index (χ3n) is 2.50. The van der Waals surface area contributed by atoms with Gasteiger partial charge < -0.3 is 9.90 Å². The number of nitrogens with zero attached hydrogens (tertiary/aromatic N) is 1. The number of hydrogen-bond acceptors (Lipinski definition) is 6. The average molecular weight is 277 g/mol. The Hall–Kier alpha value is -0.560. The Morgan fingerprint density at radius 3 is 2.76 bits per heavy atom. The van der Waals surface area contributed by atoms with E-state index in [0.717, 1.165) is 23.9 Å². The summed E-state index contributed by atoms with van der Waals surface area (Å²) in [6.45, 7) is 1.77. The van der Waals surface area contributed by atoms with Gasteiger partial charge in [-0.25, -0.2) is 4.79 Å². The highest BCUT2D eigenvalue weighted by molar-refractivity contribution is 8.01. The van der Waals surface area contributed by atoms with Gasteiger partial charge in [-0.3, -0.25) is 0 Å². The van der Waals surface area contributed by atoms with E-state index in [1.54, 1.807) is 18.7 Å². The zero-order valence-electron chi connectivity index (χ0n) is 9.59. The van der Waals surface area contributed by atoms with Crippen LogP contribution in [-0.2, 0) is 9.59 Å². The fourth-order valence-electron chi connectivity index (χ4n) is 1.56. The molecule has 0 aromatic carbocycles. The van der Waals surface area contributed by atoms with Crippen LogP contribution in [0.3, 0.4) is 0 Å². The van der Waals surface area contributed by atoms with Crippen LogP contribution in [0.15, 0.2) is 0 Å². The zero-order chi connectivity index (χ0) is 12.8. The van der Waals surface area contributed by atoms with E-state index in [-0.39, 0.29) is 11.8 Å². The van der Waals surface area contributed by atoms with Crippen LogP contribution in [0.25, 0.3) is 0 Å². The number of amides is 1. The van der Waals surface area contributed by atoms with Crippen molar-refractivity contribution in [2.75, 3.05) is 17.3 Å². The lowest BCUT2D eigenvalue weighted by atomic mass is 10.2. The monoisotopic (exact) mass is 277 g/mol. The molecule has 0 spiro atoms. The van der Waals surface area contributed by atoms with E-state index in [4.69, 9.17) is 0 Å². The highest BCUT2D eigenvalue weighted by Gasteiger charge is 2.39. The number of rotatable bonds is 6. The van der Waals surface area contributed by atoms with E-state index < -0.39 is 17.1 Å². The first-order valence-corrected chi connectivity index (χ1v) is 7.66. The molecular formula is C10H15NO4S2. The van der Waals surface area contributed by atoms with E-state index in [0.29, 0.717) is 16.9 Å².